The van der Waals surface area contributed by atoms with E-state index in [1.807, 2.05) is 11.6 Å². The highest BCUT2D eigenvalue weighted by Crippen LogP contribution is 2.37. The summed E-state index contributed by atoms with van der Waals surface area (Å²) < 4.78 is 31.8. The first-order chi connectivity index (χ1) is 21.1. The number of fused-ring (bicyclic) bond motifs is 4. The van der Waals surface area contributed by atoms with Crippen LogP contribution in [0.4, 0.5) is 14.5 Å². The molecule has 0 radical (unpaired) electrons. The van der Waals surface area contributed by atoms with Gasteiger partial charge in [-0.05, 0) is 43.2 Å². The van der Waals surface area contributed by atoms with E-state index in [0.29, 0.717) is 62.7 Å². The molecule has 0 aliphatic carbocycles. The van der Waals surface area contributed by atoms with Crippen molar-refractivity contribution >= 4 is 34.8 Å². The molecule has 44 heavy (non-hydrogen) atoms. The topological polar surface area (TPSA) is 113 Å². The van der Waals surface area contributed by atoms with Crippen LogP contribution in [0.5, 0.6) is 0 Å². The predicted molar refractivity (Wildman–Crippen MR) is 162 cm³/mol. The van der Waals surface area contributed by atoms with Gasteiger partial charge in [-0.15, -0.1) is 5.10 Å². The van der Waals surface area contributed by atoms with Crippen LogP contribution in [0.2, 0.25) is 10.2 Å². The normalized spacial score (nSPS) is 17.1. The molecular formula is C30H26Cl2F2N8O2. The first-order valence-electron chi connectivity index (χ1n) is 13.8. The molecule has 0 fully saturated rings. The Morgan fingerprint density at radius 1 is 1.07 bits per heavy atom. The van der Waals surface area contributed by atoms with Crippen molar-refractivity contribution in [3.8, 4) is 28.2 Å². The van der Waals surface area contributed by atoms with Crippen molar-refractivity contribution in [2.45, 2.75) is 38.7 Å². The van der Waals surface area contributed by atoms with Crippen molar-refractivity contribution in [3.63, 3.8) is 0 Å². The van der Waals surface area contributed by atoms with E-state index in [2.05, 4.69) is 25.7 Å². The van der Waals surface area contributed by atoms with Crippen molar-refractivity contribution in [1.82, 2.24) is 34.3 Å². The number of anilines is 1. The SMILES string of the molecule is C[C@@H]1CCC[C@H](c2cn(C)c(-c3cc(Cl)ccc3-n3cc(Cl)nn3)cc2=O)c2cc(ccn2)-c2c(cnn2C(F)F)NC1=O. The second-order valence-corrected chi connectivity index (χ2v) is 11.5. The van der Waals surface area contributed by atoms with Gasteiger partial charge in [0.2, 0.25) is 5.91 Å². The van der Waals surface area contributed by atoms with E-state index < -0.39 is 18.4 Å². The highest BCUT2D eigenvalue weighted by atomic mass is 35.5. The summed E-state index contributed by atoms with van der Waals surface area (Å²) >= 11 is 12.4. The Hall–Kier alpha value is -4.42. The number of amides is 1. The Labute approximate surface area is 260 Å². The summed E-state index contributed by atoms with van der Waals surface area (Å²) in [6.07, 6.45) is 7.69. The Morgan fingerprint density at radius 3 is 2.64 bits per heavy atom. The average molecular weight is 639 g/mol. The molecule has 0 spiro atoms. The van der Waals surface area contributed by atoms with Crippen molar-refractivity contribution in [2.75, 3.05) is 5.32 Å². The molecule has 2 atom stereocenters. The molecule has 226 valence electrons. The number of pyridine rings is 2. The first kappa shape index (κ1) is 29.6. The molecule has 5 aromatic rings. The van der Waals surface area contributed by atoms with E-state index in [9.17, 15) is 18.4 Å². The first-order valence-corrected chi connectivity index (χ1v) is 14.6. The second kappa shape index (κ2) is 11.9. The number of nitrogens with zero attached hydrogens (tertiary/aromatic N) is 7. The minimum absolute atomic E-state index is 0.0634. The van der Waals surface area contributed by atoms with Gasteiger partial charge in [-0.3, -0.25) is 14.6 Å². The van der Waals surface area contributed by atoms with Gasteiger partial charge >= 0.3 is 6.55 Å². The van der Waals surface area contributed by atoms with Gasteiger partial charge in [-0.1, -0.05) is 41.8 Å². The van der Waals surface area contributed by atoms with E-state index in [4.69, 9.17) is 23.2 Å². The van der Waals surface area contributed by atoms with Crippen molar-refractivity contribution in [2.24, 2.45) is 13.0 Å². The van der Waals surface area contributed by atoms with Gasteiger partial charge in [0.1, 0.15) is 0 Å². The molecule has 4 aromatic heterocycles. The monoisotopic (exact) mass is 638 g/mol. The molecule has 0 saturated heterocycles. The molecule has 6 rings (SSSR count). The molecule has 14 heteroatoms. The standard InChI is InChI=1S/C30H26Cl2F2N8O2/c1-16-4-3-5-19(22-10-17(8-9-35-22)28-23(37-29(16)44)13-36-42(28)30(33)34)21-14-40(2)25(12-26(21)43)20-11-18(31)6-7-24(20)41-15-27(32)38-39-41/h6-16,19,30H,3-5H2,1-2H3,(H,37,44)/t16-,19-/m1/s1. The smallest absolute Gasteiger partial charge is 0.333 e. The summed E-state index contributed by atoms with van der Waals surface area (Å²) in [6.45, 7) is -1.15. The Kier molecular flexibility index (Phi) is 8.04. The molecule has 1 amide bonds. The quantitative estimate of drug-likeness (QED) is 0.241. The molecule has 5 heterocycles. The third-order valence-electron chi connectivity index (χ3n) is 7.81. The van der Waals surface area contributed by atoms with Gasteiger partial charge < -0.3 is 9.88 Å². The molecule has 0 saturated carbocycles. The summed E-state index contributed by atoms with van der Waals surface area (Å²) in [7, 11) is 1.82. The Bertz CT molecular complexity index is 1940. The van der Waals surface area contributed by atoms with Gasteiger partial charge in [0.15, 0.2) is 10.6 Å². The van der Waals surface area contributed by atoms with Crippen LogP contribution in [0, 0.1) is 5.92 Å². The summed E-state index contributed by atoms with van der Waals surface area (Å²) in [4.78, 5) is 31.4. The number of hydrogen-bond donors (Lipinski definition) is 1. The number of alkyl halides is 2. The number of nitrogens with one attached hydrogen (secondary N) is 1. The number of aromatic nitrogens is 7. The van der Waals surface area contributed by atoms with Crippen LogP contribution in [-0.4, -0.2) is 40.2 Å². The summed E-state index contributed by atoms with van der Waals surface area (Å²) in [5, 5.41) is 15.2. The van der Waals surface area contributed by atoms with E-state index in [0.717, 1.165) is 0 Å². The van der Waals surface area contributed by atoms with E-state index in [1.54, 1.807) is 49.6 Å². The number of carbonyl (C=O) groups is 1. The summed E-state index contributed by atoms with van der Waals surface area (Å²) in [5.41, 5.74) is 3.25. The predicted octanol–water partition coefficient (Wildman–Crippen LogP) is 6.48. The number of aryl methyl sites for hydroxylation is 1. The minimum Gasteiger partial charge on any atom is -0.350 e. The number of benzene rings is 1. The highest BCUT2D eigenvalue weighted by molar-refractivity contribution is 6.31. The maximum atomic E-state index is 14.0. The van der Waals surface area contributed by atoms with Crippen molar-refractivity contribution in [1.29, 1.82) is 0 Å². The van der Waals surface area contributed by atoms with Crippen LogP contribution < -0.4 is 10.7 Å². The largest absolute Gasteiger partial charge is 0.350 e. The number of rotatable bonds is 4. The molecule has 1 aromatic carbocycles. The fourth-order valence-electron chi connectivity index (χ4n) is 5.61. The lowest BCUT2D eigenvalue weighted by Gasteiger charge is -2.22. The van der Waals surface area contributed by atoms with Crippen LogP contribution in [0.25, 0.3) is 28.2 Å². The highest BCUT2D eigenvalue weighted by Gasteiger charge is 2.27. The van der Waals surface area contributed by atoms with E-state index >= 15 is 0 Å². The third kappa shape index (κ3) is 5.62. The molecule has 0 unspecified atom stereocenters. The van der Waals surface area contributed by atoms with Crippen LogP contribution >= 0.6 is 23.2 Å². The van der Waals surface area contributed by atoms with E-state index in [1.165, 1.54) is 23.1 Å². The maximum absolute atomic E-state index is 14.0. The van der Waals surface area contributed by atoms with Crippen molar-refractivity contribution in [3.05, 3.63) is 92.8 Å². The molecular weight excluding hydrogens is 613 g/mol. The molecule has 2 bridgehead atoms. The Balaban J connectivity index is 1.48. The molecule has 1 aliphatic heterocycles. The van der Waals surface area contributed by atoms with Crippen LogP contribution in [0.15, 0.2) is 66.0 Å². The minimum atomic E-state index is -2.93. The fourth-order valence-corrected chi connectivity index (χ4v) is 5.91. The zero-order chi connectivity index (χ0) is 31.1. The van der Waals surface area contributed by atoms with Gasteiger partial charge in [0, 0.05) is 64.8 Å². The zero-order valence-electron chi connectivity index (χ0n) is 23.6. The molecule has 1 aliphatic rings. The lowest BCUT2D eigenvalue weighted by Crippen LogP contribution is -2.22. The van der Waals surface area contributed by atoms with Crippen LogP contribution in [0.1, 0.15) is 49.9 Å². The number of hydrogen-bond acceptors (Lipinski definition) is 6. The second-order valence-electron chi connectivity index (χ2n) is 10.7. The maximum Gasteiger partial charge on any atom is 0.333 e. The fraction of sp³-hybridized carbons (Fsp3) is 0.267. The van der Waals surface area contributed by atoms with Crippen molar-refractivity contribution < 1.29 is 13.6 Å². The third-order valence-corrected chi connectivity index (χ3v) is 8.22. The van der Waals surface area contributed by atoms with Crippen LogP contribution in [0.3, 0.4) is 0 Å². The molecule has 1 N–H and O–H groups in total. The summed E-state index contributed by atoms with van der Waals surface area (Å²) in [6, 6.07) is 10.00. The van der Waals surface area contributed by atoms with E-state index in [-0.39, 0.29) is 27.9 Å². The average Bonchev–Trinajstić information content (AvgIpc) is 3.62. The number of carbonyl (C=O) groups excluding carboxylic acids is 1. The van der Waals surface area contributed by atoms with Gasteiger partial charge in [-0.2, -0.15) is 13.9 Å². The van der Waals surface area contributed by atoms with Gasteiger partial charge in [0.25, 0.3) is 0 Å². The Morgan fingerprint density at radius 2 is 1.89 bits per heavy atom. The lowest BCUT2D eigenvalue weighted by atomic mass is 9.87. The zero-order valence-corrected chi connectivity index (χ0v) is 25.1. The number of halogens is 4. The van der Waals surface area contributed by atoms with Gasteiger partial charge in [0.05, 0.1) is 35.2 Å². The lowest BCUT2D eigenvalue weighted by molar-refractivity contribution is -0.119. The molecule has 10 nitrogen and oxygen atoms in total. The van der Waals surface area contributed by atoms with Crippen LogP contribution in [-0.2, 0) is 11.8 Å². The summed E-state index contributed by atoms with van der Waals surface area (Å²) in [5.74, 6) is -1.17. The van der Waals surface area contributed by atoms with Gasteiger partial charge in [-0.25, -0.2) is 9.36 Å².